The number of hydrogen-bond acceptors (Lipinski definition) is 4. The van der Waals surface area contributed by atoms with Crippen LogP contribution in [0.2, 0.25) is 0 Å². The number of benzene rings is 2. The molecule has 106 valence electrons. The van der Waals surface area contributed by atoms with Gasteiger partial charge in [-0.05, 0) is 23.8 Å². The maximum atomic E-state index is 9.35. The van der Waals surface area contributed by atoms with E-state index in [1.807, 2.05) is 36.4 Å². The van der Waals surface area contributed by atoms with Gasteiger partial charge in [0.25, 0.3) is 0 Å². The summed E-state index contributed by atoms with van der Waals surface area (Å²) >= 11 is 0. The third kappa shape index (κ3) is 3.98. The molecule has 0 unspecified atom stereocenters. The molecule has 0 amide bonds. The third-order valence-electron chi connectivity index (χ3n) is 2.78. The van der Waals surface area contributed by atoms with Crippen molar-refractivity contribution in [3.05, 3.63) is 59.7 Å². The van der Waals surface area contributed by atoms with Crippen LogP contribution < -0.4 is 9.47 Å². The van der Waals surface area contributed by atoms with Gasteiger partial charge in [-0.2, -0.15) is 0 Å². The van der Waals surface area contributed by atoms with Crippen LogP contribution in [-0.2, 0) is 18.0 Å². The SMILES string of the molecule is COCOc1ccc(OCc2ccccc2)cc1CO. The second-order valence-electron chi connectivity index (χ2n) is 4.25. The van der Waals surface area contributed by atoms with Crippen LogP contribution in [0.4, 0.5) is 0 Å². The number of aliphatic hydroxyl groups is 1. The molecule has 20 heavy (non-hydrogen) atoms. The molecule has 0 radical (unpaired) electrons. The molecule has 0 aliphatic rings. The van der Waals surface area contributed by atoms with Crippen molar-refractivity contribution in [1.29, 1.82) is 0 Å². The van der Waals surface area contributed by atoms with Crippen LogP contribution in [0.1, 0.15) is 11.1 Å². The minimum absolute atomic E-state index is 0.110. The molecule has 0 aromatic heterocycles. The van der Waals surface area contributed by atoms with Gasteiger partial charge in [-0.15, -0.1) is 0 Å². The largest absolute Gasteiger partial charge is 0.489 e. The second-order valence-corrected chi connectivity index (χ2v) is 4.25. The first kappa shape index (κ1) is 14.4. The molecule has 4 heteroatoms. The molecule has 0 fully saturated rings. The van der Waals surface area contributed by atoms with Crippen LogP contribution in [0.15, 0.2) is 48.5 Å². The second kappa shape index (κ2) is 7.53. The molecule has 0 saturated heterocycles. The van der Waals surface area contributed by atoms with Gasteiger partial charge >= 0.3 is 0 Å². The van der Waals surface area contributed by atoms with E-state index in [2.05, 4.69) is 0 Å². The summed E-state index contributed by atoms with van der Waals surface area (Å²) in [5, 5.41) is 9.35. The van der Waals surface area contributed by atoms with E-state index in [9.17, 15) is 5.11 Å². The van der Waals surface area contributed by atoms with E-state index >= 15 is 0 Å². The highest BCUT2D eigenvalue weighted by Gasteiger charge is 2.05. The molecule has 0 atom stereocenters. The fourth-order valence-electron chi connectivity index (χ4n) is 1.77. The summed E-state index contributed by atoms with van der Waals surface area (Å²) in [5.74, 6) is 1.30. The fraction of sp³-hybridized carbons (Fsp3) is 0.250. The Morgan fingerprint density at radius 2 is 1.80 bits per heavy atom. The zero-order valence-electron chi connectivity index (χ0n) is 11.4. The highest BCUT2D eigenvalue weighted by Crippen LogP contribution is 2.25. The lowest BCUT2D eigenvalue weighted by Gasteiger charge is -2.12. The summed E-state index contributed by atoms with van der Waals surface area (Å²) in [6.07, 6.45) is 0. The number of methoxy groups -OCH3 is 1. The van der Waals surface area contributed by atoms with Crippen molar-refractivity contribution in [2.75, 3.05) is 13.9 Å². The first-order chi connectivity index (χ1) is 9.83. The van der Waals surface area contributed by atoms with Crippen LogP contribution in [0.5, 0.6) is 11.5 Å². The summed E-state index contributed by atoms with van der Waals surface area (Å²) in [6.45, 7) is 0.531. The molecule has 0 spiro atoms. The van der Waals surface area contributed by atoms with Gasteiger partial charge in [0.1, 0.15) is 18.1 Å². The van der Waals surface area contributed by atoms with Gasteiger partial charge in [0.2, 0.25) is 0 Å². The number of ether oxygens (including phenoxy) is 3. The Labute approximate surface area is 118 Å². The Kier molecular flexibility index (Phi) is 5.41. The number of hydrogen-bond donors (Lipinski definition) is 1. The molecule has 0 aliphatic heterocycles. The zero-order valence-corrected chi connectivity index (χ0v) is 11.4. The smallest absolute Gasteiger partial charge is 0.188 e. The molecule has 1 N–H and O–H groups in total. The normalized spacial score (nSPS) is 10.3. The van der Waals surface area contributed by atoms with Crippen molar-refractivity contribution in [3.8, 4) is 11.5 Å². The highest BCUT2D eigenvalue weighted by atomic mass is 16.7. The molecule has 2 rings (SSSR count). The molecule has 0 aliphatic carbocycles. The minimum atomic E-state index is -0.110. The van der Waals surface area contributed by atoms with Crippen LogP contribution in [0.25, 0.3) is 0 Å². The molecule has 0 saturated carbocycles. The van der Waals surface area contributed by atoms with Gasteiger partial charge in [0.15, 0.2) is 6.79 Å². The number of aliphatic hydroxyl groups excluding tert-OH is 1. The van der Waals surface area contributed by atoms with Crippen LogP contribution in [-0.4, -0.2) is 19.0 Å². The van der Waals surface area contributed by atoms with Crippen molar-refractivity contribution in [1.82, 2.24) is 0 Å². The van der Waals surface area contributed by atoms with Gasteiger partial charge in [-0.1, -0.05) is 30.3 Å². The van der Waals surface area contributed by atoms with Gasteiger partial charge in [-0.3, -0.25) is 0 Å². The van der Waals surface area contributed by atoms with E-state index in [0.717, 1.165) is 5.56 Å². The average molecular weight is 274 g/mol. The molecular formula is C16H18O4. The topological polar surface area (TPSA) is 47.9 Å². The summed E-state index contributed by atoms with van der Waals surface area (Å²) in [4.78, 5) is 0. The van der Waals surface area contributed by atoms with Crippen molar-refractivity contribution < 1.29 is 19.3 Å². The first-order valence-electron chi connectivity index (χ1n) is 6.35. The number of rotatable bonds is 7. The van der Waals surface area contributed by atoms with Crippen molar-refractivity contribution in [2.45, 2.75) is 13.2 Å². The van der Waals surface area contributed by atoms with E-state index in [4.69, 9.17) is 14.2 Å². The Morgan fingerprint density at radius 3 is 2.50 bits per heavy atom. The molecule has 2 aromatic carbocycles. The van der Waals surface area contributed by atoms with E-state index < -0.39 is 0 Å². The maximum absolute atomic E-state index is 9.35. The van der Waals surface area contributed by atoms with Gasteiger partial charge in [0.05, 0.1) is 6.61 Å². The molecule has 4 nitrogen and oxygen atoms in total. The van der Waals surface area contributed by atoms with E-state index in [0.29, 0.717) is 23.7 Å². The lowest BCUT2D eigenvalue weighted by Crippen LogP contribution is -2.02. The van der Waals surface area contributed by atoms with Gasteiger partial charge < -0.3 is 19.3 Å². The summed E-state index contributed by atoms with van der Waals surface area (Å²) < 4.78 is 15.9. The minimum Gasteiger partial charge on any atom is -0.489 e. The summed E-state index contributed by atoms with van der Waals surface area (Å²) in [6, 6.07) is 15.3. The van der Waals surface area contributed by atoms with E-state index in [1.165, 1.54) is 0 Å². The Morgan fingerprint density at radius 1 is 1.00 bits per heavy atom. The van der Waals surface area contributed by atoms with Crippen molar-refractivity contribution >= 4 is 0 Å². The Bertz CT molecular complexity index is 525. The van der Waals surface area contributed by atoms with E-state index in [-0.39, 0.29) is 13.4 Å². The van der Waals surface area contributed by atoms with Gasteiger partial charge in [0, 0.05) is 12.7 Å². The lowest BCUT2D eigenvalue weighted by atomic mass is 10.2. The molecule has 0 heterocycles. The third-order valence-corrected chi connectivity index (χ3v) is 2.78. The van der Waals surface area contributed by atoms with Crippen molar-refractivity contribution in [3.63, 3.8) is 0 Å². The average Bonchev–Trinajstić information content (AvgIpc) is 2.52. The van der Waals surface area contributed by atoms with Crippen LogP contribution >= 0.6 is 0 Å². The predicted octanol–water partition coefficient (Wildman–Crippen LogP) is 2.74. The Balaban J connectivity index is 2.02. The van der Waals surface area contributed by atoms with Crippen LogP contribution in [0, 0.1) is 0 Å². The fourth-order valence-corrected chi connectivity index (χ4v) is 1.77. The Hall–Kier alpha value is -2.04. The lowest BCUT2D eigenvalue weighted by molar-refractivity contribution is 0.0494. The van der Waals surface area contributed by atoms with Crippen molar-refractivity contribution in [2.24, 2.45) is 0 Å². The monoisotopic (exact) mass is 274 g/mol. The zero-order chi connectivity index (χ0) is 14.2. The molecular weight excluding hydrogens is 256 g/mol. The maximum Gasteiger partial charge on any atom is 0.188 e. The van der Waals surface area contributed by atoms with Gasteiger partial charge in [-0.25, -0.2) is 0 Å². The summed E-state index contributed by atoms with van der Waals surface area (Å²) in [7, 11) is 1.55. The standard InChI is InChI=1S/C16H18O4/c1-18-12-20-16-8-7-15(9-14(16)10-17)19-11-13-5-3-2-4-6-13/h2-9,17H,10-12H2,1H3. The molecule has 0 bridgehead atoms. The van der Waals surface area contributed by atoms with E-state index in [1.54, 1.807) is 19.2 Å². The summed E-state index contributed by atoms with van der Waals surface area (Å²) in [5.41, 5.74) is 1.77. The molecule has 2 aromatic rings. The first-order valence-corrected chi connectivity index (χ1v) is 6.35. The van der Waals surface area contributed by atoms with Crippen LogP contribution in [0.3, 0.4) is 0 Å². The predicted molar refractivity (Wildman–Crippen MR) is 75.6 cm³/mol. The quantitative estimate of drug-likeness (QED) is 0.789. The highest BCUT2D eigenvalue weighted by molar-refractivity contribution is 5.40.